The number of ether oxygens (including phenoxy) is 1. The Balaban J connectivity index is 2.43. The number of rotatable bonds is 6. The molecule has 0 aliphatic heterocycles. The number of carboxylic acid groups (broad SMARTS) is 1. The van der Waals surface area contributed by atoms with Crippen LogP contribution in [0.3, 0.4) is 0 Å². The fourth-order valence-corrected chi connectivity index (χ4v) is 1.42. The van der Waals surface area contributed by atoms with Crippen LogP contribution in [0.1, 0.15) is 26.7 Å². The third kappa shape index (κ3) is 3.84. The lowest BCUT2D eigenvalue weighted by Crippen LogP contribution is -2.24. The average molecular weight is 254 g/mol. The van der Waals surface area contributed by atoms with Crippen LogP contribution in [0.15, 0.2) is 18.2 Å². The highest BCUT2D eigenvalue weighted by Gasteiger charge is 2.26. The summed E-state index contributed by atoms with van der Waals surface area (Å²) in [6, 6.07) is 4.01. The van der Waals surface area contributed by atoms with Gasteiger partial charge in [0.25, 0.3) is 0 Å². The summed E-state index contributed by atoms with van der Waals surface area (Å²) in [5.74, 6) is -0.690. The highest BCUT2D eigenvalue weighted by molar-refractivity contribution is 5.73. The molecule has 0 atom stereocenters. The molecule has 0 saturated carbocycles. The fourth-order valence-electron chi connectivity index (χ4n) is 1.42. The number of hydrogen-bond acceptors (Lipinski definition) is 4. The number of aromatic hydroxyl groups is 2. The second kappa shape index (κ2) is 5.62. The van der Waals surface area contributed by atoms with Crippen molar-refractivity contribution in [2.75, 3.05) is 6.61 Å². The number of carboxylic acids is 1. The van der Waals surface area contributed by atoms with Crippen molar-refractivity contribution in [3.8, 4) is 17.2 Å². The maximum atomic E-state index is 10.9. The first-order valence-corrected chi connectivity index (χ1v) is 5.71. The van der Waals surface area contributed by atoms with Crippen molar-refractivity contribution in [2.24, 2.45) is 5.41 Å². The lowest BCUT2D eigenvalue weighted by atomic mass is 9.88. The van der Waals surface area contributed by atoms with Gasteiger partial charge in [-0.15, -0.1) is 0 Å². The van der Waals surface area contributed by atoms with Crippen molar-refractivity contribution in [3.05, 3.63) is 18.2 Å². The number of aliphatic carboxylic acids is 1. The summed E-state index contributed by atoms with van der Waals surface area (Å²) in [5.41, 5.74) is -0.787. The molecule has 0 saturated heterocycles. The van der Waals surface area contributed by atoms with Gasteiger partial charge >= 0.3 is 5.97 Å². The lowest BCUT2D eigenvalue weighted by molar-refractivity contribution is -0.147. The van der Waals surface area contributed by atoms with Crippen LogP contribution >= 0.6 is 0 Å². The number of carbonyl (C=O) groups is 1. The number of hydrogen-bond donors (Lipinski definition) is 3. The van der Waals surface area contributed by atoms with Gasteiger partial charge in [0.15, 0.2) is 11.5 Å². The van der Waals surface area contributed by atoms with E-state index in [1.165, 1.54) is 18.2 Å². The molecule has 5 heteroatoms. The predicted molar refractivity (Wildman–Crippen MR) is 65.9 cm³/mol. The standard InChI is InChI=1S/C13H18O5/c1-13(2,12(16)17)6-3-7-18-11-8-9(14)4-5-10(11)15/h4-5,8,14-15H,3,6-7H2,1-2H3,(H,16,17). The number of phenolic OH excluding ortho intramolecular Hbond substituents is 2. The smallest absolute Gasteiger partial charge is 0.309 e. The first-order valence-electron chi connectivity index (χ1n) is 5.71. The van der Waals surface area contributed by atoms with Gasteiger partial charge in [-0.25, -0.2) is 0 Å². The molecule has 5 nitrogen and oxygen atoms in total. The second-order valence-electron chi connectivity index (χ2n) is 4.79. The molecule has 0 aliphatic carbocycles. The van der Waals surface area contributed by atoms with E-state index >= 15 is 0 Å². The number of phenols is 2. The van der Waals surface area contributed by atoms with Crippen LogP contribution in [0.5, 0.6) is 17.2 Å². The molecule has 0 aromatic heterocycles. The van der Waals surface area contributed by atoms with Crippen molar-refractivity contribution < 1.29 is 24.9 Å². The van der Waals surface area contributed by atoms with E-state index in [0.29, 0.717) is 12.8 Å². The zero-order valence-corrected chi connectivity index (χ0v) is 10.5. The average Bonchev–Trinajstić information content (AvgIpc) is 2.28. The summed E-state index contributed by atoms with van der Waals surface area (Å²) < 4.78 is 5.29. The van der Waals surface area contributed by atoms with Crippen LogP contribution in [0, 0.1) is 5.41 Å². The largest absolute Gasteiger partial charge is 0.508 e. The van der Waals surface area contributed by atoms with Gasteiger partial charge < -0.3 is 20.1 Å². The summed E-state index contributed by atoms with van der Waals surface area (Å²) in [6.07, 6.45) is 1.02. The molecule has 1 aromatic carbocycles. The van der Waals surface area contributed by atoms with Crippen molar-refractivity contribution in [2.45, 2.75) is 26.7 Å². The molecule has 100 valence electrons. The molecule has 0 aliphatic rings. The predicted octanol–water partition coefficient (Wildman–Crippen LogP) is 2.37. The highest BCUT2D eigenvalue weighted by atomic mass is 16.5. The molecule has 0 unspecified atom stereocenters. The van der Waals surface area contributed by atoms with E-state index in [1.807, 2.05) is 0 Å². The molecule has 0 heterocycles. The first kappa shape index (κ1) is 14.2. The van der Waals surface area contributed by atoms with Crippen LogP contribution in [0.4, 0.5) is 0 Å². The Hall–Kier alpha value is -1.91. The Bertz CT molecular complexity index is 425. The Kier molecular flexibility index (Phi) is 4.42. The van der Waals surface area contributed by atoms with Crippen LogP contribution in [0.2, 0.25) is 0 Å². The lowest BCUT2D eigenvalue weighted by Gasteiger charge is -2.18. The van der Waals surface area contributed by atoms with E-state index in [-0.39, 0.29) is 23.9 Å². The van der Waals surface area contributed by atoms with Crippen LogP contribution in [-0.4, -0.2) is 27.9 Å². The van der Waals surface area contributed by atoms with E-state index in [9.17, 15) is 15.0 Å². The van der Waals surface area contributed by atoms with E-state index in [4.69, 9.17) is 9.84 Å². The van der Waals surface area contributed by atoms with Gasteiger partial charge in [-0.3, -0.25) is 4.79 Å². The van der Waals surface area contributed by atoms with Crippen LogP contribution < -0.4 is 4.74 Å². The maximum absolute atomic E-state index is 10.9. The molecule has 1 rings (SSSR count). The zero-order valence-electron chi connectivity index (χ0n) is 10.5. The molecule has 3 N–H and O–H groups in total. The highest BCUT2D eigenvalue weighted by Crippen LogP contribution is 2.30. The van der Waals surface area contributed by atoms with Crippen molar-refractivity contribution in [1.29, 1.82) is 0 Å². The molecule has 18 heavy (non-hydrogen) atoms. The topological polar surface area (TPSA) is 87.0 Å². The van der Waals surface area contributed by atoms with Gasteiger partial charge in [-0.2, -0.15) is 0 Å². The molecule has 0 spiro atoms. The third-order valence-corrected chi connectivity index (χ3v) is 2.73. The molecule has 0 amide bonds. The molecule has 1 aromatic rings. The normalized spacial score (nSPS) is 11.2. The quantitative estimate of drug-likeness (QED) is 0.536. The molecule has 0 radical (unpaired) electrons. The summed E-state index contributed by atoms with van der Waals surface area (Å²) in [7, 11) is 0. The Morgan fingerprint density at radius 3 is 2.61 bits per heavy atom. The third-order valence-electron chi connectivity index (χ3n) is 2.73. The van der Waals surface area contributed by atoms with Crippen molar-refractivity contribution >= 4 is 5.97 Å². The summed E-state index contributed by atoms with van der Waals surface area (Å²) in [4.78, 5) is 10.9. The Morgan fingerprint density at radius 1 is 1.33 bits per heavy atom. The summed E-state index contributed by atoms with van der Waals surface area (Å²) >= 11 is 0. The minimum Gasteiger partial charge on any atom is -0.508 e. The maximum Gasteiger partial charge on any atom is 0.309 e. The molecular weight excluding hydrogens is 236 g/mol. The van der Waals surface area contributed by atoms with Crippen molar-refractivity contribution in [3.63, 3.8) is 0 Å². The molecular formula is C13H18O5. The number of benzene rings is 1. The zero-order chi connectivity index (χ0) is 13.8. The summed E-state index contributed by atoms with van der Waals surface area (Å²) in [5, 5.41) is 27.6. The van der Waals surface area contributed by atoms with Gasteiger partial charge in [-0.1, -0.05) is 0 Å². The van der Waals surface area contributed by atoms with Gasteiger partial charge in [0.05, 0.1) is 12.0 Å². The van der Waals surface area contributed by atoms with Gasteiger partial charge in [-0.05, 0) is 38.8 Å². The van der Waals surface area contributed by atoms with Gasteiger partial charge in [0.2, 0.25) is 0 Å². The molecule has 0 fully saturated rings. The summed E-state index contributed by atoms with van der Waals surface area (Å²) in [6.45, 7) is 3.59. The van der Waals surface area contributed by atoms with E-state index in [0.717, 1.165) is 0 Å². The van der Waals surface area contributed by atoms with Crippen LogP contribution in [0.25, 0.3) is 0 Å². The van der Waals surface area contributed by atoms with Crippen molar-refractivity contribution in [1.82, 2.24) is 0 Å². The van der Waals surface area contributed by atoms with E-state index in [1.54, 1.807) is 13.8 Å². The molecule has 0 bridgehead atoms. The monoisotopic (exact) mass is 254 g/mol. The Labute approximate surface area is 106 Å². The van der Waals surface area contributed by atoms with Gasteiger partial charge in [0.1, 0.15) is 5.75 Å². The first-order chi connectivity index (χ1) is 8.33. The van der Waals surface area contributed by atoms with Crippen LogP contribution in [-0.2, 0) is 4.79 Å². The minimum atomic E-state index is -0.845. The SMILES string of the molecule is CC(C)(CCCOc1cc(O)ccc1O)C(=O)O. The van der Waals surface area contributed by atoms with E-state index < -0.39 is 11.4 Å². The minimum absolute atomic E-state index is 0.00802. The van der Waals surface area contributed by atoms with Gasteiger partial charge in [0, 0.05) is 6.07 Å². The van der Waals surface area contributed by atoms with E-state index in [2.05, 4.69) is 0 Å². The second-order valence-corrected chi connectivity index (χ2v) is 4.79. The fraction of sp³-hybridized carbons (Fsp3) is 0.462. The Morgan fingerprint density at radius 2 is 2.00 bits per heavy atom.